The largest absolute Gasteiger partial charge is 0.347 e. The Kier molecular flexibility index (Phi) is 9.95. The van der Waals surface area contributed by atoms with Crippen molar-refractivity contribution in [1.29, 1.82) is 0 Å². The fourth-order valence-electron chi connectivity index (χ4n) is 7.75. The second-order valence-electron chi connectivity index (χ2n) is 15.0. The van der Waals surface area contributed by atoms with E-state index in [0.717, 1.165) is 28.8 Å². The molecule has 3 aromatic heterocycles. The summed E-state index contributed by atoms with van der Waals surface area (Å²) in [5.41, 5.74) is 6.03. The number of aromatic nitrogens is 3. The van der Waals surface area contributed by atoms with E-state index in [4.69, 9.17) is 4.98 Å². The molecule has 1 fully saturated rings. The number of alkyl halides is 2. The first-order valence-corrected chi connectivity index (χ1v) is 18.9. The number of aryl methyl sites for hydroxylation is 1. The molecule has 2 N–H and O–H groups in total. The summed E-state index contributed by atoms with van der Waals surface area (Å²) in [6.07, 6.45) is 5.01. The lowest BCUT2D eigenvalue weighted by Crippen LogP contribution is -2.43. The summed E-state index contributed by atoms with van der Waals surface area (Å²) in [5, 5.41) is 6.69. The zero-order valence-electron chi connectivity index (χ0n) is 32.6. The third-order valence-electron chi connectivity index (χ3n) is 11.0. The Morgan fingerprint density at radius 2 is 1.69 bits per heavy atom. The van der Waals surface area contributed by atoms with Gasteiger partial charge in [0.15, 0.2) is 5.82 Å². The molecule has 0 aliphatic carbocycles. The van der Waals surface area contributed by atoms with Crippen molar-refractivity contribution < 1.29 is 32.3 Å². The number of piperidine rings is 1. The molecular formula is C45H38F3N7O4. The third-order valence-corrected chi connectivity index (χ3v) is 11.0. The van der Waals surface area contributed by atoms with Gasteiger partial charge in [0, 0.05) is 86.8 Å². The summed E-state index contributed by atoms with van der Waals surface area (Å²) in [4.78, 5) is 66.2. The highest BCUT2D eigenvalue weighted by Crippen LogP contribution is 2.43. The maximum absolute atomic E-state index is 15.6. The molecule has 1 saturated heterocycles. The van der Waals surface area contributed by atoms with Gasteiger partial charge in [-0.25, -0.2) is 18.0 Å². The number of benzene rings is 3. The highest BCUT2D eigenvalue weighted by Gasteiger charge is 2.34. The summed E-state index contributed by atoms with van der Waals surface area (Å²) in [6.45, 7) is 3.06. The van der Waals surface area contributed by atoms with Crippen LogP contribution in [0.15, 0.2) is 91.4 Å². The number of nitrogens with zero attached hydrogens (tertiary/aromatic N) is 5. The van der Waals surface area contributed by atoms with Crippen molar-refractivity contribution in [2.45, 2.75) is 51.6 Å². The number of halogens is 3. The molecule has 0 radical (unpaired) electrons. The maximum atomic E-state index is 15.6. The normalized spacial score (nSPS) is 15.6. The van der Waals surface area contributed by atoms with Crippen molar-refractivity contribution in [1.82, 2.24) is 30.5 Å². The predicted octanol–water partition coefficient (Wildman–Crippen LogP) is 8.04. The molecule has 0 spiro atoms. The lowest BCUT2D eigenvalue weighted by atomic mass is 9.90. The molecule has 5 heterocycles. The number of pyridine rings is 3. The van der Waals surface area contributed by atoms with Gasteiger partial charge in [0.05, 0.1) is 23.0 Å². The zero-order valence-corrected chi connectivity index (χ0v) is 32.6. The second-order valence-corrected chi connectivity index (χ2v) is 15.0. The predicted molar refractivity (Wildman–Crippen MR) is 216 cm³/mol. The molecule has 8 rings (SSSR count). The molecule has 298 valence electrons. The molecule has 0 bridgehead atoms. The number of carbonyl (C=O) groups excluding carboxylic acids is 4. The Balaban J connectivity index is 0.990. The number of fused-ring (bicyclic) bond motifs is 2. The van der Waals surface area contributed by atoms with E-state index in [1.807, 2.05) is 30.3 Å². The van der Waals surface area contributed by atoms with Crippen LogP contribution in [0.3, 0.4) is 0 Å². The summed E-state index contributed by atoms with van der Waals surface area (Å²) in [6, 6.07) is 20.5. The lowest BCUT2D eigenvalue weighted by molar-refractivity contribution is -0.134. The number of anilines is 1. The Morgan fingerprint density at radius 1 is 0.915 bits per heavy atom. The van der Waals surface area contributed by atoms with Gasteiger partial charge in [0.25, 0.3) is 11.8 Å². The minimum Gasteiger partial charge on any atom is -0.347 e. The third kappa shape index (κ3) is 7.37. The summed E-state index contributed by atoms with van der Waals surface area (Å²) < 4.78 is 45.1. The molecular weight excluding hydrogens is 760 g/mol. The van der Waals surface area contributed by atoms with Crippen LogP contribution in [-0.4, -0.2) is 57.7 Å². The van der Waals surface area contributed by atoms with Crippen molar-refractivity contribution in [3.63, 3.8) is 0 Å². The molecule has 5 amide bonds. The number of carbonyl (C=O) groups is 4. The molecule has 2 aliphatic heterocycles. The number of imide groups is 1. The van der Waals surface area contributed by atoms with E-state index in [2.05, 4.69) is 20.6 Å². The van der Waals surface area contributed by atoms with E-state index in [1.54, 1.807) is 62.6 Å². The number of rotatable bonds is 8. The van der Waals surface area contributed by atoms with E-state index in [9.17, 15) is 28.0 Å². The molecule has 0 saturated carbocycles. The van der Waals surface area contributed by atoms with E-state index >= 15 is 4.39 Å². The van der Waals surface area contributed by atoms with Crippen LogP contribution in [0.4, 0.5) is 23.7 Å². The molecule has 11 nitrogen and oxygen atoms in total. The number of hydrogen-bond donors (Lipinski definition) is 2. The van der Waals surface area contributed by atoms with Crippen LogP contribution in [-0.2, 0) is 28.6 Å². The van der Waals surface area contributed by atoms with Crippen molar-refractivity contribution in [2.75, 3.05) is 19.0 Å². The van der Waals surface area contributed by atoms with E-state index in [1.165, 1.54) is 29.3 Å². The smallest absolute Gasteiger partial charge is 0.324 e. The fraction of sp³-hybridized carbons (Fsp3) is 0.222. The van der Waals surface area contributed by atoms with Gasteiger partial charge in [-0.1, -0.05) is 42.5 Å². The highest BCUT2D eigenvalue weighted by atomic mass is 19.3. The number of amides is 5. The topological polar surface area (TPSA) is 137 Å². The summed E-state index contributed by atoms with van der Waals surface area (Å²) >= 11 is 0. The first-order valence-electron chi connectivity index (χ1n) is 18.9. The minimum absolute atomic E-state index is 0.00588. The monoisotopic (exact) mass is 797 g/mol. The Bertz CT molecular complexity index is 2720. The average molecular weight is 798 g/mol. The maximum Gasteiger partial charge on any atom is 0.324 e. The number of nitrogens with one attached hydrogen (secondary N) is 2. The fourth-order valence-corrected chi connectivity index (χ4v) is 7.75. The molecule has 14 heteroatoms. The lowest BCUT2D eigenvalue weighted by Gasteiger charge is -2.35. The molecule has 1 atom stereocenters. The van der Waals surface area contributed by atoms with Crippen molar-refractivity contribution in [3.8, 4) is 33.5 Å². The van der Waals surface area contributed by atoms with Crippen LogP contribution < -0.4 is 15.5 Å². The SMILES string of the molecule is Cc1cc(-c2cc3cccc(-c4cc(C(C)(F)F)cc5c4CN(C)C(=O)N5C)c3cn2)cnc1C(=O)NCc1ccc(-c2ccnc(C3CCC(=O)NC3=O)c2F)cc1. The van der Waals surface area contributed by atoms with E-state index in [-0.39, 0.29) is 66.3 Å². The van der Waals surface area contributed by atoms with Gasteiger partial charge < -0.3 is 10.2 Å². The Labute approximate surface area is 337 Å². The zero-order chi connectivity index (χ0) is 41.7. The molecule has 6 aromatic rings. The quantitative estimate of drug-likeness (QED) is 0.149. The van der Waals surface area contributed by atoms with Crippen LogP contribution >= 0.6 is 0 Å². The van der Waals surface area contributed by atoms with Crippen LogP contribution in [0.25, 0.3) is 44.3 Å². The van der Waals surface area contributed by atoms with Crippen molar-refractivity contribution >= 4 is 40.2 Å². The second kappa shape index (κ2) is 15.1. The Morgan fingerprint density at radius 3 is 2.42 bits per heavy atom. The standard InChI is InChI=1S/C45H38F3N7O4/c1-24-16-28(36-17-27-6-5-7-31(34(27)22-50-36)33-18-29(45(2,47)48)19-37-35(33)23-54(3)44(59)55(37)4)21-51-40(24)43(58)52-20-25-8-10-26(11-9-25)30-14-15-49-41(39(30)46)32-12-13-38(56)53-42(32)57/h5-11,14-19,21-22,32H,12-13,20,23H2,1-4H3,(H,52,58)(H,53,56,57). The van der Waals surface area contributed by atoms with Gasteiger partial charge in [-0.3, -0.25) is 39.6 Å². The van der Waals surface area contributed by atoms with Gasteiger partial charge in [0.1, 0.15) is 5.69 Å². The van der Waals surface area contributed by atoms with Crippen LogP contribution in [0.5, 0.6) is 0 Å². The Hall–Kier alpha value is -6.96. The molecule has 3 aromatic carbocycles. The van der Waals surface area contributed by atoms with Crippen LogP contribution in [0, 0.1) is 12.7 Å². The first-order chi connectivity index (χ1) is 28.2. The van der Waals surface area contributed by atoms with Crippen LogP contribution in [0.1, 0.15) is 64.1 Å². The number of urea groups is 1. The van der Waals surface area contributed by atoms with Gasteiger partial charge in [-0.15, -0.1) is 0 Å². The molecule has 2 aliphatic rings. The number of hydrogen-bond acceptors (Lipinski definition) is 7. The van der Waals surface area contributed by atoms with Crippen molar-refractivity contribution in [2.24, 2.45) is 0 Å². The van der Waals surface area contributed by atoms with Crippen molar-refractivity contribution in [3.05, 3.63) is 131 Å². The van der Waals surface area contributed by atoms with Gasteiger partial charge in [-0.05, 0) is 76.9 Å². The van der Waals surface area contributed by atoms with Crippen LogP contribution in [0.2, 0.25) is 0 Å². The van der Waals surface area contributed by atoms with E-state index < -0.39 is 23.6 Å². The van der Waals surface area contributed by atoms with Gasteiger partial charge in [-0.2, -0.15) is 0 Å². The first kappa shape index (κ1) is 38.9. The highest BCUT2D eigenvalue weighted by molar-refractivity contribution is 6.03. The summed E-state index contributed by atoms with van der Waals surface area (Å²) in [7, 11) is 3.26. The molecule has 1 unspecified atom stereocenters. The summed E-state index contributed by atoms with van der Waals surface area (Å²) in [5.74, 6) is -5.95. The van der Waals surface area contributed by atoms with Gasteiger partial charge >= 0.3 is 6.03 Å². The molecule has 59 heavy (non-hydrogen) atoms. The van der Waals surface area contributed by atoms with E-state index in [0.29, 0.717) is 39.2 Å². The van der Waals surface area contributed by atoms with Gasteiger partial charge in [0.2, 0.25) is 11.8 Å². The minimum atomic E-state index is -3.14. The average Bonchev–Trinajstić information content (AvgIpc) is 3.21.